The molecule has 2 aromatic carbocycles. The van der Waals surface area contributed by atoms with Crippen LogP contribution >= 0.6 is 11.8 Å². The van der Waals surface area contributed by atoms with E-state index in [9.17, 15) is 14.4 Å². The summed E-state index contributed by atoms with van der Waals surface area (Å²) in [5.74, 6) is 0.508. The first-order valence-corrected chi connectivity index (χ1v) is 10.4. The Morgan fingerprint density at radius 2 is 1.90 bits per heavy atom. The summed E-state index contributed by atoms with van der Waals surface area (Å²) >= 11 is 1.63. The Hall–Kier alpha value is -3.00. The van der Waals surface area contributed by atoms with E-state index in [2.05, 4.69) is 10.6 Å². The molecule has 4 amide bonds. The van der Waals surface area contributed by atoms with Crippen molar-refractivity contribution in [1.29, 1.82) is 0 Å². The maximum atomic E-state index is 13.1. The van der Waals surface area contributed by atoms with Gasteiger partial charge in [0.2, 0.25) is 5.91 Å². The third kappa shape index (κ3) is 3.80. The number of thioether (sulfide) groups is 1. The van der Waals surface area contributed by atoms with Crippen LogP contribution in [0.2, 0.25) is 0 Å². The van der Waals surface area contributed by atoms with E-state index in [4.69, 9.17) is 4.74 Å². The van der Waals surface area contributed by atoms with E-state index in [0.717, 1.165) is 9.80 Å². The SMILES string of the molecule is O=C(CN1C(=O)N[C@]2(CCOc3ccccc32)C1=O)NCCSc1ccccc1. The molecule has 8 heteroatoms. The lowest BCUT2D eigenvalue weighted by molar-refractivity contribution is -0.136. The van der Waals surface area contributed by atoms with Crippen LogP contribution in [-0.4, -0.2) is 48.2 Å². The summed E-state index contributed by atoms with van der Waals surface area (Å²) in [5, 5.41) is 5.57. The van der Waals surface area contributed by atoms with Gasteiger partial charge in [-0.2, -0.15) is 0 Å². The van der Waals surface area contributed by atoms with Crippen molar-refractivity contribution >= 4 is 29.6 Å². The van der Waals surface area contributed by atoms with E-state index in [-0.39, 0.29) is 12.5 Å². The van der Waals surface area contributed by atoms with Crippen LogP contribution in [0.5, 0.6) is 5.75 Å². The van der Waals surface area contributed by atoms with E-state index in [1.54, 1.807) is 30.0 Å². The van der Waals surface area contributed by atoms with Gasteiger partial charge in [0.05, 0.1) is 6.61 Å². The molecule has 2 aliphatic rings. The van der Waals surface area contributed by atoms with Crippen LogP contribution in [0.1, 0.15) is 12.0 Å². The van der Waals surface area contributed by atoms with E-state index >= 15 is 0 Å². The second kappa shape index (κ2) is 8.16. The second-order valence-corrected chi connectivity index (χ2v) is 8.00. The van der Waals surface area contributed by atoms with Gasteiger partial charge in [-0.05, 0) is 18.2 Å². The Morgan fingerprint density at radius 3 is 2.72 bits per heavy atom. The number of para-hydroxylation sites is 1. The molecule has 0 aromatic heterocycles. The van der Waals surface area contributed by atoms with E-state index in [0.29, 0.717) is 36.6 Å². The number of fused-ring (bicyclic) bond motifs is 2. The molecular formula is C21H21N3O4S. The highest BCUT2D eigenvalue weighted by Crippen LogP contribution is 2.40. The average molecular weight is 411 g/mol. The average Bonchev–Trinajstić information content (AvgIpc) is 2.97. The smallest absolute Gasteiger partial charge is 0.325 e. The molecule has 1 atom stereocenters. The minimum atomic E-state index is -1.16. The quantitative estimate of drug-likeness (QED) is 0.432. The highest BCUT2D eigenvalue weighted by molar-refractivity contribution is 7.99. The van der Waals surface area contributed by atoms with Crippen LogP contribution in [0, 0.1) is 0 Å². The zero-order valence-electron chi connectivity index (χ0n) is 15.7. The molecule has 150 valence electrons. The highest BCUT2D eigenvalue weighted by atomic mass is 32.2. The molecular weight excluding hydrogens is 390 g/mol. The number of urea groups is 1. The van der Waals surface area contributed by atoms with Gasteiger partial charge in [-0.15, -0.1) is 11.8 Å². The van der Waals surface area contributed by atoms with Crippen LogP contribution < -0.4 is 15.4 Å². The zero-order chi connectivity index (χ0) is 20.3. The number of amides is 4. The summed E-state index contributed by atoms with van der Waals surface area (Å²) in [6.45, 7) is 0.467. The summed E-state index contributed by atoms with van der Waals surface area (Å²) < 4.78 is 5.61. The number of hydrogen-bond acceptors (Lipinski definition) is 5. The predicted octanol–water partition coefficient (Wildman–Crippen LogP) is 2.12. The Labute approximate surface area is 172 Å². The van der Waals surface area contributed by atoms with Crippen molar-refractivity contribution < 1.29 is 19.1 Å². The van der Waals surface area contributed by atoms with Crippen molar-refractivity contribution in [2.24, 2.45) is 0 Å². The Morgan fingerprint density at radius 1 is 1.14 bits per heavy atom. The summed E-state index contributed by atoms with van der Waals surface area (Å²) in [4.78, 5) is 40.0. The van der Waals surface area contributed by atoms with Gasteiger partial charge >= 0.3 is 6.03 Å². The van der Waals surface area contributed by atoms with Crippen LogP contribution in [0.4, 0.5) is 4.79 Å². The molecule has 1 saturated heterocycles. The number of carbonyl (C=O) groups is 3. The first-order valence-electron chi connectivity index (χ1n) is 9.41. The fraction of sp³-hybridized carbons (Fsp3) is 0.286. The fourth-order valence-corrected chi connectivity index (χ4v) is 4.38. The van der Waals surface area contributed by atoms with Gasteiger partial charge in [-0.3, -0.25) is 14.5 Å². The van der Waals surface area contributed by atoms with Gasteiger partial charge in [0.15, 0.2) is 5.54 Å². The first-order chi connectivity index (χ1) is 14.1. The van der Waals surface area contributed by atoms with Crippen LogP contribution in [0.15, 0.2) is 59.5 Å². The molecule has 2 N–H and O–H groups in total. The molecule has 2 aliphatic heterocycles. The largest absolute Gasteiger partial charge is 0.493 e. The molecule has 0 saturated carbocycles. The summed E-state index contributed by atoms with van der Waals surface area (Å²) in [6, 6.07) is 16.5. The summed E-state index contributed by atoms with van der Waals surface area (Å²) in [5.41, 5.74) is -0.526. The van der Waals surface area contributed by atoms with Crippen LogP contribution in [-0.2, 0) is 15.1 Å². The highest BCUT2D eigenvalue weighted by Gasteiger charge is 2.55. The minimum Gasteiger partial charge on any atom is -0.493 e. The number of rotatable bonds is 6. The van der Waals surface area contributed by atoms with Crippen molar-refractivity contribution in [2.75, 3.05) is 25.4 Å². The third-order valence-corrected chi connectivity index (χ3v) is 6.01. The van der Waals surface area contributed by atoms with Gasteiger partial charge in [0.25, 0.3) is 5.91 Å². The molecule has 7 nitrogen and oxygen atoms in total. The maximum absolute atomic E-state index is 13.1. The van der Waals surface area contributed by atoms with Crippen molar-refractivity contribution in [3.63, 3.8) is 0 Å². The van der Waals surface area contributed by atoms with Gasteiger partial charge < -0.3 is 15.4 Å². The summed E-state index contributed by atoms with van der Waals surface area (Å²) in [7, 11) is 0. The first kappa shape index (κ1) is 19.3. The number of hydrogen-bond donors (Lipinski definition) is 2. The monoisotopic (exact) mass is 411 g/mol. The molecule has 0 aliphatic carbocycles. The number of imide groups is 1. The lowest BCUT2D eigenvalue weighted by Gasteiger charge is -2.33. The molecule has 4 rings (SSSR count). The Balaban J connectivity index is 1.36. The molecule has 0 bridgehead atoms. The number of ether oxygens (including phenoxy) is 1. The molecule has 1 spiro atoms. The summed E-state index contributed by atoms with van der Waals surface area (Å²) in [6.07, 6.45) is 0.334. The number of nitrogens with one attached hydrogen (secondary N) is 2. The molecule has 2 aromatic rings. The third-order valence-electron chi connectivity index (χ3n) is 5.00. The number of carbonyl (C=O) groups excluding carboxylic acids is 3. The van der Waals surface area contributed by atoms with E-state index < -0.39 is 17.5 Å². The number of nitrogens with zero attached hydrogens (tertiary/aromatic N) is 1. The molecule has 1 fully saturated rings. The van der Waals surface area contributed by atoms with Crippen molar-refractivity contribution in [3.05, 3.63) is 60.2 Å². The standard InChI is InChI=1S/C21H21N3O4S/c25-18(22-11-13-29-15-6-2-1-3-7-15)14-24-19(26)21(23-20(24)27)10-12-28-17-9-5-4-8-16(17)21/h1-9H,10-14H2,(H,22,25)(H,23,27)/t21-/m0/s1. The number of benzene rings is 2. The fourth-order valence-electron chi connectivity index (χ4n) is 3.59. The molecule has 2 heterocycles. The van der Waals surface area contributed by atoms with Gasteiger partial charge in [-0.25, -0.2) is 4.79 Å². The molecule has 0 radical (unpaired) electrons. The normalized spacial score (nSPS) is 20.2. The van der Waals surface area contributed by atoms with Crippen molar-refractivity contribution in [2.45, 2.75) is 16.9 Å². The van der Waals surface area contributed by atoms with Crippen molar-refractivity contribution in [3.8, 4) is 5.75 Å². The van der Waals surface area contributed by atoms with Gasteiger partial charge in [-0.1, -0.05) is 36.4 Å². The predicted molar refractivity (Wildman–Crippen MR) is 109 cm³/mol. The maximum Gasteiger partial charge on any atom is 0.325 e. The topological polar surface area (TPSA) is 87.7 Å². The zero-order valence-corrected chi connectivity index (χ0v) is 16.5. The van der Waals surface area contributed by atoms with Crippen molar-refractivity contribution in [1.82, 2.24) is 15.5 Å². The second-order valence-electron chi connectivity index (χ2n) is 6.83. The lowest BCUT2D eigenvalue weighted by Crippen LogP contribution is -2.48. The van der Waals surface area contributed by atoms with Gasteiger partial charge in [0.1, 0.15) is 12.3 Å². The lowest BCUT2D eigenvalue weighted by atomic mass is 9.84. The van der Waals surface area contributed by atoms with E-state index in [1.165, 1.54) is 0 Å². The van der Waals surface area contributed by atoms with Crippen LogP contribution in [0.25, 0.3) is 0 Å². The van der Waals surface area contributed by atoms with Crippen LogP contribution in [0.3, 0.4) is 0 Å². The Bertz CT molecular complexity index is 937. The van der Waals surface area contributed by atoms with Gasteiger partial charge in [0, 0.05) is 29.2 Å². The molecule has 29 heavy (non-hydrogen) atoms. The Kier molecular flexibility index (Phi) is 5.44. The van der Waals surface area contributed by atoms with E-state index in [1.807, 2.05) is 36.4 Å². The minimum absolute atomic E-state index is 0.300. The molecule has 0 unspecified atom stereocenters.